The highest BCUT2D eigenvalue weighted by Crippen LogP contribution is 2.26. The predicted octanol–water partition coefficient (Wildman–Crippen LogP) is 3.70. The Hall–Kier alpha value is -3.32. The Bertz CT molecular complexity index is 1370. The molecule has 0 saturated carbocycles. The number of hydrogen-bond acceptors (Lipinski definition) is 15. The average molecular weight is 851 g/mol. The largest absolute Gasteiger partial charge is 0.462 e. The third-order valence-corrected chi connectivity index (χ3v) is 9.51. The highest BCUT2D eigenvalue weighted by Gasteiger charge is 2.47. The van der Waals surface area contributed by atoms with E-state index < -0.39 is 99.3 Å². The molecule has 0 aliphatic carbocycles. The number of rotatable bonds is 29. The van der Waals surface area contributed by atoms with Crippen molar-refractivity contribution in [3.63, 3.8) is 0 Å². The van der Waals surface area contributed by atoms with Crippen molar-refractivity contribution in [2.45, 2.75) is 158 Å². The first-order valence-corrected chi connectivity index (χ1v) is 21.3. The molecule has 15 heteroatoms. The van der Waals surface area contributed by atoms with E-state index in [0.29, 0.717) is 19.3 Å². The highest BCUT2D eigenvalue weighted by molar-refractivity contribution is 5.70. The van der Waals surface area contributed by atoms with Gasteiger partial charge in [0, 0.05) is 12.8 Å². The number of unbranched alkanes of at least 4 members (excludes halogenated alkanes) is 6. The van der Waals surface area contributed by atoms with E-state index >= 15 is 0 Å². The lowest BCUT2D eigenvalue weighted by atomic mass is 9.98. The Morgan fingerprint density at radius 1 is 0.550 bits per heavy atom. The minimum atomic E-state index is -1.78. The van der Waals surface area contributed by atoms with Crippen LogP contribution in [-0.2, 0) is 38.0 Å². The summed E-state index contributed by atoms with van der Waals surface area (Å²) >= 11 is 0. The highest BCUT2D eigenvalue weighted by atomic mass is 16.7. The Morgan fingerprint density at radius 3 is 1.68 bits per heavy atom. The molecule has 0 amide bonds. The van der Waals surface area contributed by atoms with Crippen molar-refractivity contribution in [1.82, 2.24) is 0 Å². The molecule has 15 nitrogen and oxygen atoms in total. The lowest BCUT2D eigenvalue weighted by Crippen LogP contribution is -2.61. The summed E-state index contributed by atoms with van der Waals surface area (Å²) in [6, 6.07) is 0. The van der Waals surface area contributed by atoms with Gasteiger partial charge in [-0.3, -0.25) is 9.59 Å². The fourth-order valence-electron chi connectivity index (χ4n) is 5.93. The van der Waals surface area contributed by atoms with Crippen LogP contribution in [0.15, 0.2) is 85.1 Å². The maximum Gasteiger partial charge on any atom is 0.306 e. The van der Waals surface area contributed by atoms with Gasteiger partial charge in [-0.25, -0.2) is 0 Å². The molecule has 5 unspecified atom stereocenters. The van der Waals surface area contributed by atoms with Crippen LogP contribution in [-0.4, -0.2) is 142 Å². The molecule has 0 aromatic carbocycles. The number of allylic oxidation sites excluding steroid dienone is 14. The predicted molar refractivity (Wildman–Crippen MR) is 224 cm³/mol. The van der Waals surface area contributed by atoms with E-state index in [4.69, 9.17) is 28.4 Å². The van der Waals surface area contributed by atoms with Crippen LogP contribution in [0.25, 0.3) is 0 Å². The topological polar surface area (TPSA) is 231 Å². The molecule has 2 aliphatic rings. The van der Waals surface area contributed by atoms with Crippen molar-refractivity contribution in [2.75, 3.05) is 26.4 Å². The fraction of sp³-hybridized carbons (Fsp3) is 0.644. The average Bonchev–Trinajstić information content (AvgIpc) is 3.24. The Labute approximate surface area is 355 Å². The molecule has 340 valence electrons. The maximum absolute atomic E-state index is 12.9. The summed E-state index contributed by atoms with van der Waals surface area (Å²) in [6.07, 6.45) is 19.4. The smallest absolute Gasteiger partial charge is 0.306 e. The van der Waals surface area contributed by atoms with Crippen LogP contribution in [0.3, 0.4) is 0 Å². The number of aliphatic hydroxyl groups is 7. The number of ether oxygens (including phenoxy) is 6. The van der Waals surface area contributed by atoms with Gasteiger partial charge in [0.1, 0.15) is 55.4 Å². The van der Waals surface area contributed by atoms with Crippen LogP contribution < -0.4 is 0 Å². The minimum absolute atomic E-state index is 0.0578. The second-order valence-electron chi connectivity index (χ2n) is 14.6. The van der Waals surface area contributed by atoms with Gasteiger partial charge >= 0.3 is 11.9 Å². The molecular weight excluding hydrogens is 780 g/mol. The van der Waals surface area contributed by atoms with Gasteiger partial charge in [0.15, 0.2) is 18.7 Å². The zero-order valence-electron chi connectivity index (χ0n) is 35.1. The molecule has 7 N–H and O–H groups in total. The number of hydrogen-bond donors (Lipinski definition) is 7. The quantitative estimate of drug-likeness (QED) is 0.0323. The lowest BCUT2D eigenvalue weighted by Gasteiger charge is -2.42. The second-order valence-corrected chi connectivity index (χ2v) is 14.6. The van der Waals surface area contributed by atoms with E-state index in [0.717, 1.165) is 38.5 Å². The summed E-state index contributed by atoms with van der Waals surface area (Å²) in [5.41, 5.74) is 0. The van der Waals surface area contributed by atoms with Gasteiger partial charge in [0.05, 0.1) is 19.8 Å². The Balaban J connectivity index is 1.94. The summed E-state index contributed by atoms with van der Waals surface area (Å²) in [6.45, 7) is 2.22. The molecule has 11 atom stereocenters. The molecule has 0 radical (unpaired) electrons. The van der Waals surface area contributed by atoms with Crippen LogP contribution in [0.5, 0.6) is 0 Å². The second kappa shape index (κ2) is 32.4. The minimum Gasteiger partial charge on any atom is -0.462 e. The summed E-state index contributed by atoms with van der Waals surface area (Å²) < 4.78 is 33.2. The zero-order valence-corrected chi connectivity index (χ0v) is 35.1. The van der Waals surface area contributed by atoms with Crippen LogP contribution in [0.2, 0.25) is 0 Å². The molecule has 0 bridgehead atoms. The SMILES string of the molecule is CC/C=C/C=C/C=C/C=C/C=C/CCCC(=O)OC(COC(=O)CCCCC/C=C/C=C/CCCC)CO[C@@H]1O[C@H](CO[C@@H]2O[C@H](CO)[C@H](O)C(O)C2O)[C@H](O)C(O)C1O. The Kier molecular flexibility index (Phi) is 28.5. The normalized spacial score (nSPS) is 28.4. The van der Waals surface area contributed by atoms with E-state index in [1.807, 2.05) is 60.8 Å². The summed E-state index contributed by atoms with van der Waals surface area (Å²) in [5.74, 6) is -1.06. The molecule has 0 spiro atoms. The summed E-state index contributed by atoms with van der Waals surface area (Å²) in [5, 5.41) is 71.7. The first-order valence-electron chi connectivity index (χ1n) is 21.3. The lowest BCUT2D eigenvalue weighted by molar-refractivity contribution is -0.332. The van der Waals surface area contributed by atoms with Crippen molar-refractivity contribution in [1.29, 1.82) is 0 Å². The third-order valence-electron chi connectivity index (χ3n) is 9.51. The van der Waals surface area contributed by atoms with E-state index in [2.05, 4.69) is 38.2 Å². The van der Waals surface area contributed by atoms with Gasteiger partial charge in [0.2, 0.25) is 0 Å². The molecule has 60 heavy (non-hydrogen) atoms. The van der Waals surface area contributed by atoms with Gasteiger partial charge in [-0.2, -0.15) is 0 Å². The standard InChI is InChI=1S/C45H70O15/c1-3-5-7-9-11-13-15-16-18-20-22-24-26-28-37(48)58-33(30-55-36(47)27-25-23-21-19-17-14-12-10-8-6-4-2)31-56-44-43(54)41(52)39(50)35(60-44)32-57-45-42(53)40(51)38(49)34(29-46)59-45/h5,7,9-18,20,22,33-35,38-46,49-54H,3-4,6,8,19,21,23-32H2,1-2H3/b7-5+,11-9+,12-10+,15-13+,17-14+,18-16+,22-20+/t33?,34-,35-,38+,39+,40?,41?,42?,43?,44-,45-/m1/s1. The van der Waals surface area contributed by atoms with Crippen molar-refractivity contribution in [3.05, 3.63) is 85.1 Å². The van der Waals surface area contributed by atoms with Crippen molar-refractivity contribution in [3.8, 4) is 0 Å². The maximum atomic E-state index is 12.9. The fourth-order valence-corrected chi connectivity index (χ4v) is 5.93. The monoisotopic (exact) mass is 850 g/mol. The molecule has 2 fully saturated rings. The van der Waals surface area contributed by atoms with Gasteiger partial charge in [-0.15, -0.1) is 0 Å². The van der Waals surface area contributed by atoms with E-state index in [-0.39, 0.29) is 19.4 Å². The third kappa shape index (κ3) is 21.5. The molecule has 2 heterocycles. The van der Waals surface area contributed by atoms with E-state index in [1.54, 1.807) is 0 Å². The van der Waals surface area contributed by atoms with Crippen molar-refractivity contribution >= 4 is 11.9 Å². The van der Waals surface area contributed by atoms with Crippen LogP contribution in [0.4, 0.5) is 0 Å². The summed E-state index contributed by atoms with van der Waals surface area (Å²) in [4.78, 5) is 25.5. The molecular formula is C45H70O15. The first kappa shape index (κ1) is 52.8. The molecule has 2 rings (SSSR count). The van der Waals surface area contributed by atoms with Crippen LogP contribution >= 0.6 is 0 Å². The molecule has 0 aromatic rings. The van der Waals surface area contributed by atoms with E-state index in [9.17, 15) is 45.3 Å². The number of carbonyl (C=O) groups is 2. The van der Waals surface area contributed by atoms with Crippen LogP contribution in [0.1, 0.15) is 90.9 Å². The Morgan fingerprint density at radius 2 is 1.07 bits per heavy atom. The zero-order chi connectivity index (χ0) is 44.0. The van der Waals surface area contributed by atoms with Gasteiger partial charge < -0.3 is 64.2 Å². The van der Waals surface area contributed by atoms with Crippen LogP contribution in [0, 0.1) is 0 Å². The molecule has 2 aliphatic heterocycles. The van der Waals surface area contributed by atoms with Gasteiger partial charge in [-0.05, 0) is 44.9 Å². The van der Waals surface area contributed by atoms with Crippen molar-refractivity contribution < 1.29 is 73.8 Å². The first-order chi connectivity index (χ1) is 29.0. The number of aliphatic hydroxyl groups excluding tert-OH is 7. The number of carbonyl (C=O) groups excluding carboxylic acids is 2. The van der Waals surface area contributed by atoms with E-state index in [1.165, 1.54) is 6.42 Å². The number of esters is 2. The van der Waals surface area contributed by atoms with Gasteiger partial charge in [-0.1, -0.05) is 118 Å². The van der Waals surface area contributed by atoms with Crippen molar-refractivity contribution in [2.24, 2.45) is 0 Å². The molecule has 0 aromatic heterocycles. The van der Waals surface area contributed by atoms with Gasteiger partial charge in [0.25, 0.3) is 0 Å². The summed E-state index contributed by atoms with van der Waals surface area (Å²) in [7, 11) is 0. The molecule has 2 saturated heterocycles.